The summed E-state index contributed by atoms with van der Waals surface area (Å²) in [4.78, 5) is 0. The van der Waals surface area contributed by atoms with Crippen molar-refractivity contribution in [3.63, 3.8) is 0 Å². The van der Waals surface area contributed by atoms with Gasteiger partial charge in [-0.2, -0.15) is 0 Å². The average Bonchev–Trinajstić information content (AvgIpc) is 2.26. The summed E-state index contributed by atoms with van der Waals surface area (Å²) in [6, 6.07) is 0. The third-order valence-corrected chi connectivity index (χ3v) is 3.32. The van der Waals surface area contributed by atoms with E-state index in [1.165, 1.54) is 36.4 Å². The molecule has 0 spiro atoms. The van der Waals surface area contributed by atoms with Gasteiger partial charge in [0.25, 0.3) is 0 Å². The van der Waals surface area contributed by atoms with E-state index in [0.717, 1.165) is 19.4 Å². The highest BCUT2D eigenvalue weighted by Gasteiger charge is 2.21. The number of allylic oxidation sites excluding steroid dienone is 3. The van der Waals surface area contributed by atoms with Crippen LogP contribution in [-0.4, -0.2) is 13.1 Å². The Morgan fingerprint density at radius 2 is 2.00 bits per heavy atom. The van der Waals surface area contributed by atoms with Crippen LogP contribution < -0.4 is 10.6 Å². The Bertz CT molecular complexity index is 353. The van der Waals surface area contributed by atoms with E-state index in [9.17, 15) is 0 Å². The second kappa shape index (κ2) is 4.31. The van der Waals surface area contributed by atoms with E-state index < -0.39 is 0 Å². The second-order valence-corrected chi connectivity index (χ2v) is 4.25. The first kappa shape index (κ1) is 10.6. The Morgan fingerprint density at radius 3 is 2.93 bits per heavy atom. The van der Waals surface area contributed by atoms with Gasteiger partial charge in [0.05, 0.1) is 0 Å². The second-order valence-electron chi connectivity index (χ2n) is 4.25. The van der Waals surface area contributed by atoms with Gasteiger partial charge in [0.15, 0.2) is 0 Å². The summed E-state index contributed by atoms with van der Waals surface area (Å²) < 4.78 is 0. The van der Waals surface area contributed by atoms with Crippen LogP contribution in [0.15, 0.2) is 34.7 Å². The molecule has 0 atom stereocenters. The van der Waals surface area contributed by atoms with Crippen LogP contribution in [0.5, 0.6) is 0 Å². The zero-order valence-electron chi connectivity index (χ0n) is 8.81. The predicted molar refractivity (Wildman–Crippen MR) is 64.9 cm³/mol. The number of halogens is 1. The molecule has 0 aromatic carbocycles. The molecule has 0 saturated heterocycles. The molecule has 3 rings (SSSR count). The highest BCUT2D eigenvalue weighted by Crippen LogP contribution is 2.33. The zero-order chi connectivity index (χ0) is 9.38. The van der Waals surface area contributed by atoms with Crippen LogP contribution in [0.3, 0.4) is 0 Å². The SMILES string of the molecule is C1=CC2=C(CC3=C(C2)NCCC3)NC1.Cl. The Morgan fingerprint density at radius 1 is 1.07 bits per heavy atom. The number of hydrogen-bond donors (Lipinski definition) is 2. The fourth-order valence-corrected chi connectivity index (χ4v) is 2.54. The van der Waals surface area contributed by atoms with Gasteiger partial charge in [0.1, 0.15) is 0 Å². The van der Waals surface area contributed by atoms with Crippen molar-refractivity contribution in [2.75, 3.05) is 13.1 Å². The van der Waals surface area contributed by atoms with Crippen LogP contribution in [0.4, 0.5) is 0 Å². The number of nitrogens with one attached hydrogen (secondary N) is 2. The lowest BCUT2D eigenvalue weighted by Crippen LogP contribution is -2.29. The molecule has 0 aromatic heterocycles. The Labute approximate surface area is 96.9 Å². The molecule has 3 heteroatoms. The summed E-state index contributed by atoms with van der Waals surface area (Å²) in [5, 5.41) is 7.02. The number of dihydropyridines is 1. The molecule has 0 radical (unpaired) electrons. The third-order valence-electron chi connectivity index (χ3n) is 3.32. The van der Waals surface area contributed by atoms with Crippen molar-refractivity contribution in [2.45, 2.75) is 25.7 Å². The monoisotopic (exact) mass is 224 g/mol. The minimum Gasteiger partial charge on any atom is -0.388 e. The molecule has 2 N–H and O–H groups in total. The van der Waals surface area contributed by atoms with Gasteiger partial charge in [0.2, 0.25) is 0 Å². The summed E-state index contributed by atoms with van der Waals surface area (Å²) in [5.41, 5.74) is 6.10. The molecule has 2 aliphatic heterocycles. The minimum atomic E-state index is 0. The van der Waals surface area contributed by atoms with Crippen LogP contribution in [0.1, 0.15) is 25.7 Å². The number of rotatable bonds is 0. The first-order chi connectivity index (χ1) is 6.93. The van der Waals surface area contributed by atoms with Gasteiger partial charge in [-0.3, -0.25) is 0 Å². The van der Waals surface area contributed by atoms with Crippen LogP contribution in [0, 0.1) is 0 Å². The molecule has 3 aliphatic rings. The summed E-state index contributed by atoms with van der Waals surface area (Å²) >= 11 is 0. The van der Waals surface area contributed by atoms with Gasteiger partial charge >= 0.3 is 0 Å². The molecule has 82 valence electrons. The largest absolute Gasteiger partial charge is 0.388 e. The first-order valence-electron chi connectivity index (χ1n) is 5.51. The van der Waals surface area contributed by atoms with Crippen LogP contribution in [0.2, 0.25) is 0 Å². The third kappa shape index (κ3) is 1.91. The van der Waals surface area contributed by atoms with E-state index in [2.05, 4.69) is 22.8 Å². The standard InChI is InChI=1S/C12H16N2.ClH/c1-3-9-7-12-10(4-2-6-14-12)8-11(9)13-5-1;/h1,3,13-14H,2,4-8H2;1H. The van der Waals surface area contributed by atoms with Crippen molar-refractivity contribution >= 4 is 12.4 Å². The molecule has 2 heterocycles. The lowest BCUT2D eigenvalue weighted by atomic mass is 9.87. The summed E-state index contributed by atoms with van der Waals surface area (Å²) in [7, 11) is 0. The fraction of sp³-hybridized carbons (Fsp3) is 0.500. The summed E-state index contributed by atoms with van der Waals surface area (Å²) in [5.74, 6) is 0. The van der Waals surface area contributed by atoms with Crippen molar-refractivity contribution in [2.24, 2.45) is 0 Å². The summed E-state index contributed by atoms with van der Waals surface area (Å²) in [6.45, 7) is 2.17. The van der Waals surface area contributed by atoms with E-state index in [4.69, 9.17) is 0 Å². The van der Waals surface area contributed by atoms with E-state index in [-0.39, 0.29) is 12.4 Å². The maximum atomic E-state index is 3.54. The van der Waals surface area contributed by atoms with Crippen molar-refractivity contribution in [3.8, 4) is 0 Å². The quantitative estimate of drug-likeness (QED) is 0.660. The molecule has 0 saturated carbocycles. The van der Waals surface area contributed by atoms with E-state index in [1.54, 1.807) is 5.57 Å². The van der Waals surface area contributed by atoms with E-state index >= 15 is 0 Å². The van der Waals surface area contributed by atoms with Crippen LogP contribution in [-0.2, 0) is 0 Å². The molecule has 1 aliphatic carbocycles. The molecule has 0 amide bonds. The predicted octanol–water partition coefficient (Wildman–Crippen LogP) is 2.25. The molecule has 0 fully saturated rings. The Kier molecular flexibility index (Phi) is 3.06. The molecular weight excluding hydrogens is 208 g/mol. The van der Waals surface area contributed by atoms with E-state index in [1.807, 2.05) is 0 Å². The molecule has 0 aromatic rings. The Hall–Kier alpha value is -0.890. The normalized spacial score (nSPS) is 23.5. The van der Waals surface area contributed by atoms with Gasteiger partial charge in [-0.1, -0.05) is 12.2 Å². The highest BCUT2D eigenvalue weighted by atomic mass is 35.5. The van der Waals surface area contributed by atoms with Crippen molar-refractivity contribution in [1.82, 2.24) is 10.6 Å². The maximum Gasteiger partial charge on any atom is 0.0331 e. The van der Waals surface area contributed by atoms with Gasteiger partial charge < -0.3 is 10.6 Å². The highest BCUT2D eigenvalue weighted by molar-refractivity contribution is 5.85. The minimum absolute atomic E-state index is 0. The molecule has 0 bridgehead atoms. The smallest absolute Gasteiger partial charge is 0.0331 e. The molecule has 0 unspecified atom stereocenters. The Balaban J connectivity index is 0.000000853. The van der Waals surface area contributed by atoms with Gasteiger partial charge in [-0.25, -0.2) is 0 Å². The molecule has 15 heavy (non-hydrogen) atoms. The van der Waals surface area contributed by atoms with Gasteiger partial charge in [-0.05, 0) is 24.0 Å². The van der Waals surface area contributed by atoms with Gasteiger partial charge in [-0.15, -0.1) is 12.4 Å². The van der Waals surface area contributed by atoms with E-state index in [0.29, 0.717) is 0 Å². The zero-order valence-corrected chi connectivity index (χ0v) is 9.62. The van der Waals surface area contributed by atoms with Crippen molar-refractivity contribution in [3.05, 3.63) is 34.7 Å². The summed E-state index contributed by atoms with van der Waals surface area (Å²) in [6.07, 6.45) is 9.37. The number of hydrogen-bond acceptors (Lipinski definition) is 2. The topological polar surface area (TPSA) is 24.1 Å². The lowest BCUT2D eigenvalue weighted by molar-refractivity contribution is 0.608. The van der Waals surface area contributed by atoms with Crippen molar-refractivity contribution in [1.29, 1.82) is 0 Å². The lowest BCUT2D eigenvalue weighted by Gasteiger charge is -2.30. The van der Waals surface area contributed by atoms with Crippen LogP contribution in [0.25, 0.3) is 0 Å². The van der Waals surface area contributed by atoms with Crippen LogP contribution >= 0.6 is 12.4 Å². The average molecular weight is 225 g/mol. The molecule has 2 nitrogen and oxygen atoms in total. The van der Waals surface area contributed by atoms with Gasteiger partial charge in [0, 0.05) is 37.3 Å². The maximum absolute atomic E-state index is 3.54. The first-order valence-corrected chi connectivity index (χ1v) is 5.51. The van der Waals surface area contributed by atoms with Crippen molar-refractivity contribution < 1.29 is 0 Å². The fourth-order valence-electron chi connectivity index (χ4n) is 2.54. The molecular formula is C12H17ClN2.